The van der Waals surface area contributed by atoms with Gasteiger partial charge in [-0.15, -0.1) is 0 Å². The SMILES string of the molecule is COC(=O)C(C/C(=C/NC(=O)OCc1ccccc1)NC(=O)OCc1ccccc1)[N+](C)(C)C. The molecule has 2 amide bonds. The average molecular weight is 471 g/mol. The molecule has 0 spiro atoms. The fraction of sp³-hybridized carbons (Fsp3) is 0.320. The van der Waals surface area contributed by atoms with E-state index in [0.29, 0.717) is 0 Å². The second kappa shape index (κ2) is 13.0. The number of likely N-dealkylation sites (N-methyl/N-ethyl adjacent to an activating group) is 1. The van der Waals surface area contributed by atoms with Crippen LogP contribution in [0.1, 0.15) is 17.5 Å². The molecule has 0 fully saturated rings. The van der Waals surface area contributed by atoms with E-state index in [0.717, 1.165) is 11.1 Å². The zero-order valence-electron chi connectivity index (χ0n) is 19.9. The number of nitrogens with zero attached hydrogens (tertiary/aromatic N) is 1. The molecule has 0 saturated heterocycles. The van der Waals surface area contributed by atoms with Gasteiger partial charge in [-0.2, -0.15) is 0 Å². The molecule has 0 aliphatic carbocycles. The van der Waals surface area contributed by atoms with E-state index in [-0.39, 0.29) is 29.8 Å². The summed E-state index contributed by atoms with van der Waals surface area (Å²) >= 11 is 0. The molecule has 0 aliphatic rings. The highest BCUT2D eigenvalue weighted by atomic mass is 16.6. The number of nitrogens with one attached hydrogen (secondary N) is 2. The first-order valence-electron chi connectivity index (χ1n) is 10.7. The second-order valence-electron chi connectivity index (χ2n) is 8.42. The van der Waals surface area contributed by atoms with E-state index in [9.17, 15) is 14.4 Å². The molecule has 2 N–H and O–H groups in total. The van der Waals surface area contributed by atoms with E-state index in [4.69, 9.17) is 14.2 Å². The van der Waals surface area contributed by atoms with Crippen molar-refractivity contribution >= 4 is 18.2 Å². The lowest BCUT2D eigenvalue weighted by molar-refractivity contribution is -0.887. The summed E-state index contributed by atoms with van der Waals surface area (Å²) in [4.78, 5) is 37.0. The minimum absolute atomic E-state index is 0.0717. The normalized spacial score (nSPS) is 12.3. The predicted octanol–water partition coefficient (Wildman–Crippen LogP) is 3.32. The topological polar surface area (TPSA) is 103 Å². The van der Waals surface area contributed by atoms with Crippen LogP contribution in [0.4, 0.5) is 9.59 Å². The van der Waals surface area contributed by atoms with Gasteiger partial charge in [0.2, 0.25) is 0 Å². The lowest BCUT2D eigenvalue weighted by atomic mass is 10.1. The molecule has 2 aromatic rings. The first kappa shape index (κ1) is 26.4. The van der Waals surface area contributed by atoms with Crippen molar-refractivity contribution in [2.24, 2.45) is 0 Å². The van der Waals surface area contributed by atoms with Gasteiger partial charge in [0.05, 0.1) is 34.7 Å². The number of hydrogen-bond acceptors (Lipinski definition) is 6. The summed E-state index contributed by atoms with van der Waals surface area (Å²) in [6.07, 6.45) is -0.0570. The summed E-state index contributed by atoms with van der Waals surface area (Å²) in [7, 11) is 6.78. The molecule has 0 bridgehead atoms. The Bertz CT molecular complexity index is 971. The lowest BCUT2D eigenvalue weighted by Gasteiger charge is -2.32. The number of carbonyl (C=O) groups is 3. The summed E-state index contributed by atoms with van der Waals surface area (Å²) in [5.41, 5.74) is 1.92. The van der Waals surface area contributed by atoms with Gasteiger partial charge in [-0.3, -0.25) is 10.6 Å². The van der Waals surface area contributed by atoms with Crippen molar-refractivity contribution in [2.75, 3.05) is 28.3 Å². The van der Waals surface area contributed by atoms with Crippen LogP contribution >= 0.6 is 0 Å². The van der Waals surface area contributed by atoms with Crippen LogP contribution in [0.15, 0.2) is 72.6 Å². The molecular formula is C25H32N3O6+. The Hall–Kier alpha value is -3.85. The molecule has 9 nitrogen and oxygen atoms in total. The van der Waals surface area contributed by atoms with Crippen molar-refractivity contribution in [2.45, 2.75) is 25.7 Å². The summed E-state index contributed by atoms with van der Waals surface area (Å²) in [6.45, 7) is 0.161. The van der Waals surface area contributed by atoms with Gasteiger partial charge in [0.1, 0.15) is 13.2 Å². The van der Waals surface area contributed by atoms with E-state index in [2.05, 4.69) is 10.6 Å². The maximum atomic E-state index is 12.4. The molecule has 2 aromatic carbocycles. The van der Waals surface area contributed by atoms with Crippen LogP contribution in [-0.4, -0.2) is 56.9 Å². The van der Waals surface area contributed by atoms with Crippen LogP contribution in [0, 0.1) is 0 Å². The first-order chi connectivity index (χ1) is 16.2. The van der Waals surface area contributed by atoms with Crippen LogP contribution < -0.4 is 10.6 Å². The van der Waals surface area contributed by atoms with Crippen molar-refractivity contribution in [1.82, 2.24) is 10.6 Å². The molecule has 182 valence electrons. The third-order valence-electron chi connectivity index (χ3n) is 4.87. The standard InChI is InChI=1S/C25H31N3O6/c1-28(2,3)22(23(29)32-4)15-21(27-25(31)34-18-20-13-9-6-10-14-20)16-26-24(30)33-17-19-11-7-5-8-12-19/h5-14,16,22H,15,17-18H2,1-4H3,(H-,26,27,30,31)/p+1/b21-16-. The van der Waals surface area contributed by atoms with Gasteiger partial charge >= 0.3 is 18.2 Å². The number of esters is 1. The third kappa shape index (κ3) is 9.33. The highest BCUT2D eigenvalue weighted by Crippen LogP contribution is 2.15. The van der Waals surface area contributed by atoms with Gasteiger partial charge in [0.15, 0.2) is 6.04 Å². The second-order valence-corrected chi connectivity index (χ2v) is 8.42. The van der Waals surface area contributed by atoms with Gasteiger partial charge in [-0.05, 0) is 11.1 Å². The van der Waals surface area contributed by atoms with E-state index in [1.807, 2.05) is 81.8 Å². The van der Waals surface area contributed by atoms with Gasteiger partial charge in [0.25, 0.3) is 0 Å². The first-order valence-corrected chi connectivity index (χ1v) is 10.7. The number of rotatable bonds is 10. The Kier molecular flexibility index (Phi) is 10.1. The van der Waals surface area contributed by atoms with Crippen LogP contribution in [0.25, 0.3) is 0 Å². The number of carbonyl (C=O) groups excluding carboxylic acids is 3. The van der Waals surface area contributed by atoms with E-state index in [1.54, 1.807) is 0 Å². The molecule has 0 heterocycles. The fourth-order valence-electron chi connectivity index (χ4n) is 2.96. The Morgan fingerprint density at radius 2 is 1.35 bits per heavy atom. The average Bonchev–Trinajstić information content (AvgIpc) is 2.83. The Balaban J connectivity index is 2.07. The van der Waals surface area contributed by atoms with Crippen LogP contribution in [0.3, 0.4) is 0 Å². The zero-order valence-corrected chi connectivity index (χ0v) is 19.9. The molecule has 0 radical (unpaired) electrons. The predicted molar refractivity (Wildman–Crippen MR) is 126 cm³/mol. The number of hydrogen-bond donors (Lipinski definition) is 2. The minimum Gasteiger partial charge on any atom is -0.465 e. The van der Waals surface area contributed by atoms with Crippen molar-refractivity contribution in [1.29, 1.82) is 0 Å². The molecule has 9 heteroatoms. The summed E-state index contributed by atoms with van der Waals surface area (Å²) in [5, 5.41) is 5.10. The maximum absolute atomic E-state index is 12.4. The third-order valence-corrected chi connectivity index (χ3v) is 4.87. The van der Waals surface area contributed by atoms with Gasteiger partial charge in [0, 0.05) is 11.9 Å². The summed E-state index contributed by atoms with van der Waals surface area (Å²) in [6, 6.07) is 17.8. The van der Waals surface area contributed by atoms with Gasteiger partial charge in [-0.1, -0.05) is 60.7 Å². The summed E-state index contributed by atoms with van der Waals surface area (Å²) in [5.74, 6) is -0.454. The molecular weight excluding hydrogens is 438 g/mol. The Morgan fingerprint density at radius 3 is 1.82 bits per heavy atom. The molecule has 1 atom stereocenters. The monoisotopic (exact) mass is 470 g/mol. The number of methoxy groups -OCH3 is 1. The van der Waals surface area contributed by atoms with Crippen molar-refractivity contribution < 1.29 is 33.1 Å². The summed E-state index contributed by atoms with van der Waals surface area (Å²) < 4.78 is 15.6. The van der Waals surface area contributed by atoms with Crippen LogP contribution in [-0.2, 0) is 32.2 Å². The molecule has 0 aliphatic heterocycles. The van der Waals surface area contributed by atoms with Crippen molar-refractivity contribution in [3.05, 3.63) is 83.7 Å². The highest BCUT2D eigenvalue weighted by molar-refractivity contribution is 5.76. The Morgan fingerprint density at radius 1 is 0.853 bits per heavy atom. The number of quaternary nitrogens is 1. The molecule has 0 saturated carbocycles. The van der Waals surface area contributed by atoms with Gasteiger partial charge in [-0.25, -0.2) is 14.4 Å². The maximum Gasteiger partial charge on any atom is 0.411 e. The largest absolute Gasteiger partial charge is 0.465 e. The number of benzene rings is 2. The minimum atomic E-state index is -0.723. The molecule has 2 rings (SSSR count). The smallest absolute Gasteiger partial charge is 0.411 e. The zero-order chi connectivity index (χ0) is 25.0. The van der Waals surface area contributed by atoms with E-state index < -0.39 is 24.2 Å². The van der Waals surface area contributed by atoms with E-state index in [1.165, 1.54) is 13.3 Å². The lowest BCUT2D eigenvalue weighted by Crippen LogP contribution is -2.51. The Labute approximate surface area is 199 Å². The van der Waals surface area contributed by atoms with Gasteiger partial charge < -0.3 is 18.7 Å². The fourth-order valence-corrected chi connectivity index (χ4v) is 2.96. The quantitative estimate of drug-likeness (QED) is 0.314. The van der Waals surface area contributed by atoms with E-state index >= 15 is 0 Å². The number of ether oxygens (including phenoxy) is 3. The van der Waals surface area contributed by atoms with Crippen molar-refractivity contribution in [3.8, 4) is 0 Å². The molecule has 1 unspecified atom stereocenters. The van der Waals surface area contributed by atoms with Crippen LogP contribution in [0.2, 0.25) is 0 Å². The highest BCUT2D eigenvalue weighted by Gasteiger charge is 2.34. The molecule has 34 heavy (non-hydrogen) atoms. The van der Waals surface area contributed by atoms with Crippen LogP contribution in [0.5, 0.6) is 0 Å². The number of alkyl carbamates (subject to hydrolysis) is 2. The number of amides is 2. The van der Waals surface area contributed by atoms with Crippen molar-refractivity contribution in [3.63, 3.8) is 0 Å². The molecule has 0 aromatic heterocycles.